The van der Waals surface area contributed by atoms with Gasteiger partial charge in [0.05, 0.1) is 0 Å². The fourth-order valence-corrected chi connectivity index (χ4v) is 2.46. The van der Waals surface area contributed by atoms with Gasteiger partial charge in [-0.05, 0) is 41.1 Å². The Kier molecular flexibility index (Phi) is 2.31. The van der Waals surface area contributed by atoms with Crippen LogP contribution in [-0.4, -0.2) is 4.98 Å². The number of pyridine rings is 1. The highest BCUT2D eigenvalue weighted by Gasteiger charge is 1.97. The van der Waals surface area contributed by atoms with E-state index in [0.717, 1.165) is 11.4 Å². The number of fused-ring (bicyclic) bond motifs is 1. The van der Waals surface area contributed by atoms with Crippen molar-refractivity contribution < 1.29 is 0 Å². The average molecular weight is 226 g/mol. The first-order chi connectivity index (χ1) is 7.92. The van der Waals surface area contributed by atoms with E-state index >= 15 is 0 Å². The second-order valence-corrected chi connectivity index (χ2v) is 4.48. The summed E-state index contributed by atoms with van der Waals surface area (Å²) >= 11 is 1.76. The molecule has 0 saturated carbocycles. The number of hydrogen-bond acceptors (Lipinski definition) is 3. The molecule has 1 aromatic carbocycles. The van der Waals surface area contributed by atoms with Crippen molar-refractivity contribution in [1.29, 1.82) is 0 Å². The van der Waals surface area contributed by atoms with Gasteiger partial charge in [-0.25, -0.2) is 0 Å². The van der Waals surface area contributed by atoms with E-state index in [1.54, 1.807) is 23.7 Å². The van der Waals surface area contributed by atoms with E-state index < -0.39 is 0 Å². The summed E-state index contributed by atoms with van der Waals surface area (Å²) in [5.41, 5.74) is 2.17. The SMILES string of the molecule is c1cc(Nc2ccc3ccsc3c2)ccn1. The second kappa shape index (κ2) is 3.94. The predicted molar refractivity (Wildman–Crippen MR) is 69.3 cm³/mol. The van der Waals surface area contributed by atoms with Crippen molar-refractivity contribution in [1.82, 2.24) is 4.98 Å². The van der Waals surface area contributed by atoms with E-state index in [1.807, 2.05) is 12.1 Å². The van der Waals surface area contributed by atoms with Crippen LogP contribution in [0.5, 0.6) is 0 Å². The fourth-order valence-electron chi connectivity index (χ4n) is 1.63. The summed E-state index contributed by atoms with van der Waals surface area (Å²) in [4.78, 5) is 3.99. The third-order valence-corrected chi connectivity index (χ3v) is 3.30. The van der Waals surface area contributed by atoms with Crippen LogP contribution in [0.1, 0.15) is 0 Å². The summed E-state index contributed by atoms with van der Waals surface area (Å²) in [5.74, 6) is 0. The molecule has 0 bridgehead atoms. The smallest absolute Gasteiger partial charge is 0.0415 e. The number of benzene rings is 1. The molecule has 0 aliphatic carbocycles. The summed E-state index contributed by atoms with van der Waals surface area (Å²) in [6.07, 6.45) is 3.57. The van der Waals surface area contributed by atoms with Gasteiger partial charge in [-0.3, -0.25) is 4.98 Å². The summed E-state index contributed by atoms with van der Waals surface area (Å²) < 4.78 is 1.30. The van der Waals surface area contributed by atoms with E-state index in [-0.39, 0.29) is 0 Å². The Morgan fingerprint density at radius 3 is 2.69 bits per heavy atom. The van der Waals surface area contributed by atoms with Crippen LogP contribution < -0.4 is 5.32 Å². The van der Waals surface area contributed by atoms with Crippen molar-refractivity contribution in [2.24, 2.45) is 0 Å². The first-order valence-electron chi connectivity index (χ1n) is 5.06. The van der Waals surface area contributed by atoms with Crippen molar-refractivity contribution in [2.75, 3.05) is 5.32 Å². The number of aromatic nitrogens is 1. The van der Waals surface area contributed by atoms with Crippen molar-refractivity contribution in [3.8, 4) is 0 Å². The number of rotatable bonds is 2. The number of nitrogens with zero attached hydrogens (tertiary/aromatic N) is 1. The minimum atomic E-state index is 1.06. The van der Waals surface area contributed by atoms with Gasteiger partial charge in [-0.15, -0.1) is 11.3 Å². The lowest BCUT2D eigenvalue weighted by Crippen LogP contribution is -1.89. The van der Waals surface area contributed by atoms with Crippen molar-refractivity contribution >= 4 is 32.8 Å². The Bertz CT molecular complexity index is 601. The molecule has 78 valence electrons. The van der Waals surface area contributed by atoms with E-state index in [1.165, 1.54) is 10.1 Å². The van der Waals surface area contributed by atoms with E-state index in [4.69, 9.17) is 0 Å². The zero-order valence-corrected chi connectivity index (χ0v) is 9.37. The highest BCUT2D eigenvalue weighted by atomic mass is 32.1. The van der Waals surface area contributed by atoms with Gasteiger partial charge in [0.1, 0.15) is 0 Å². The standard InChI is InChI=1S/C13H10N2S/c1-2-12(9-13-10(1)5-8-16-13)15-11-3-6-14-7-4-11/h1-9H,(H,14,15). The molecule has 2 nitrogen and oxygen atoms in total. The van der Waals surface area contributed by atoms with Crippen LogP contribution in [0.3, 0.4) is 0 Å². The molecule has 1 N–H and O–H groups in total. The highest BCUT2D eigenvalue weighted by Crippen LogP contribution is 2.25. The fraction of sp³-hybridized carbons (Fsp3) is 0. The normalized spacial score (nSPS) is 10.5. The molecule has 0 radical (unpaired) electrons. The van der Waals surface area contributed by atoms with Crippen LogP contribution in [0.15, 0.2) is 54.2 Å². The van der Waals surface area contributed by atoms with Gasteiger partial charge in [-0.1, -0.05) is 6.07 Å². The second-order valence-electron chi connectivity index (χ2n) is 3.53. The zero-order valence-electron chi connectivity index (χ0n) is 8.55. The highest BCUT2D eigenvalue weighted by molar-refractivity contribution is 7.17. The molecule has 0 amide bonds. The maximum absolute atomic E-state index is 3.99. The molecule has 3 rings (SSSR count). The number of thiophene rings is 1. The molecule has 0 atom stereocenters. The van der Waals surface area contributed by atoms with Crippen LogP contribution in [0.25, 0.3) is 10.1 Å². The van der Waals surface area contributed by atoms with Crippen LogP contribution in [0, 0.1) is 0 Å². The summed E-state index contributed by atoms with van der Waals surface area (Å²) in [6.45, 7) is 0. The Morgan fingerprint density at radius 1 is 0.938 bits per heavy atom. The predicted octanol–water partition coefficient (Wildman–Crippen LogP) is 4.04. The average Bonchev–Trinajstić information content (AvgIpc) is 2.77. The van der Waals surface area contributed by atoms with Crippen LogP contribution in [0.2, 0.25) is 0 Å². The van der Waals surface area contributed by atoms with Gasteiger partial charge in [0.15, 0.2) is 0 Å². The minimum Gasteiger partial charge on any atom is -0.355 e. The van der Waals surface area contributed by atoms with Crippen LogP contribution in [0.4, 0.5) is 11.4 Å². The van der Waals surface area contributed by atoms with E-state index in [0.29, 0.717) is 0 Å². The van der Waals surface area contributed by atoms with Crippen molar-refractivity contribution in [2.45, 2.75) is 0 Å². The van der Waals surface area contributed by atoms with E-state index in [9.17, 15) is 0 Å². The number of hydrogen-bond donors (Lipinski definition) is 1. The Labute approximate surface area is 97.6 Å². The Hall–Kier alpha value is -1.87. The molecule has 0 aliphatic rings. The summed E-state index contributed by atoms with van der Waals surface area (Å²) in [5, 5.41) is 6.76. The third kappa shape index (κ3) is 1.77. The maximum atomic E-state index is 3.99. The van der Waals surface area contributed by atoms with Gasteiger partial charge in [-0.2, -0.15) is 0 Å². The zero-order chi connectivity index (χ0) is 10.8. The molecule has 3 heteroatoms. The van der Waals surface area contributed by atoms with Crippen LogP contribution >= 0.6 is 11.3 Å². The first-order valence-corrected chi connectivity index (χ1v) is 5.94. The molecule has 16 heavy (non-hydrogen) atoms. The molecule has 0 unspecified atom stereocenters. The molecule has 0 aliphatic heterocycles. The largest absolute Gasteiger partial charge is 0.355 e. The lowest BCUT2D eigenvalue weighted by atomic mass is 10.2. The molecule has 2 aromatic heterocycles. The Morgan fingerprint density at radius 2 is 1.81 bits per heavy atom. The first kappa shape index (κ1) is 9.36. The van der Waals surface area contributed by atoms with Crippen molar-refractivity contribution in [3.05, 3.63) is 54.2 Å². The lowest BCUT2D eigenvalue weighted by molar-refractivity contribution is 1.33. The molecule has 0 fully saturated rings. The van der Waals surface area contributed by atoms with Gasteiger partial charge < -0.3 is 5.32 Å². The van der Waals surface area contributed by atoms with Crippen LogP contribution in [-0.2, 0) is 0 Å². The quantitative estimate of drug-likeness (QED) is 0.713. The Balaban J connectivity index is 1.94. The molecule has 0 spiro atoms. The lowest BCUT2D eigenvalue weighted by Gasteiger charge is -2.05. The molecule has 2 heterocycles. The molecular formula is C13H10N2S. The van der Waals surface area contributed by atoms with Gasteiger partial charge >= 0.3 is 0 Å². The van der Waals surface area contributed by atoms with Gasteiger partial charge in [0.25, 0.3) is 0 Å². The van der Waals surface area contributed by atoms with E-state index in [2.05, 4.69) is 39.9 Å². The van der Waals surface area contributed by atoms with Crippen molar-refractivity contribution in [3.63, 3.8) is 0 Å². The summed E-state index contributed by atoms with van der Waals surface area (Å²) in [7, 11) is 0. The number of nitrogens with one attached hydrogen (secondary N) is 1. The minimum absolute atomic E-state index is 1.06. The maximum Gasteiger partial charge on any atom is 0.0415 e. The summed E-state index contributed by atoms with van der Waals surface area (Å²) in [6, 6.07) is 12.4. The van der Waals surface area contributed by atoms with Gasteiger partial charge in [0, 0.05) is 28.5 Å². The monoisotopic (exact) mass is 226 g/mol. The molecule has 3 aromatic rings. The molecular weight excluding hydrogens is 216 g/mol. The third-order valence-electron chi connectivity index (χ3n) is 2.43. The number of anilines is 2. The van der Waals surface area contributed by atoms with Gasteiger partial charge in [0.2, 0.25) is 0 Å². The molecule has 0 saturated heterocycles. The topological polar surface area (TPSA) is 24.9 Å².